The zero-order valence-electron chi connectivity index (χ0n) is 14.6. The molecule has 25 heavy (non-hydrogen) atoms. The average molecular weight is 344 g/mol. The van der Waals surface area contributed by atoms with Crippen LogP contribution in [0.3, 0.4) is 0 Å². The number of hydrogen-bond donors (Lipinski definition) is 0. The summed E-state index contributed by atoms with van der Waals surface area (Å²) in [5.41, 5.74) is 2.70. The Morgan fingerprint density at radius 2 is 1.00 bits per heavy atom. The van der Waals surface area contributed by atoms with Gasteiger partial charge in [0.2, 0.25) is 0 Å². The monoisotopic (exact) mass is 344 g/mol. The van der Waals surface area contributed by atoms with E-state index in [1.165, 1.54) is 14.5 Å². The molecule has 0 unspecified atom stereocenters. The standard InChI is InChI=1S/C15H21BN6O3/c1-4-13-7-10-20(17-13)23-16(24-21-11-8-14(5-2)18-21)25-22-12-9-15(6-3)19-22/h7-12H,4-6H2,1-3H3. The Morgan fingerprint density at radius 1 is 0.680 bits per heavy atom. The number of aromatic nitrogens is 6. The summed E-state index contributed by atoms with van der Waals surface area (Å²) in [5.74, 6) is 0. The van der Waals surface area contributed by atoms with Crippen molar-refractivity contribution in [3.8, 4) is 0 Å². The lowest BCUT2D eigenvalue weighted by atomic mass is 10.3. The summed E-state index contributed by atoms with van der Waals surface area (Å²) in [6.45, 7) is 6.05. The highest BCUT2D eigenvalue weighted by Crippen LogP contribution is 1.99. The summed E-state index contributed by atoms with van der Waals surface area (Å²) in [4.78, 5) is 3.91. The van der Waals surface area contributed by atoms with Gasteiger partial charge >= 0.3 is 7.32 Å². The molecular formula is C15H21BN6O3. The second kappa shape index (κ2) is 7.78. The third-order valence-corrected chi connectivity index (χ3v) is 3.53. The van der Waals surface area contributed by atoms with Gasteiger partial charge in [0.25, 0.3) is 0 Å². The van der Waals surface area contributed by atoms with Crippen molar-refractivity contribution in [2.24, 2.45) is 0 Å². The van der Waals surface area contributed by atoms with E-state index in [4.69, 9.17) is 14.3 Å². The van der Waals surface area contributed by atoms with Crippen LogP contribution in [0.1, 0.15) is 37.9 Å². The molecule has 0 aliphatic carbocycles. The molecule has 0 aliphatic rings. The lowest BCUT2D eigenvalue weighted by molar-refractivity contribution is 0.0394. The van der Waals surface area contributed by atoms with Crippen LogP contribution in [0, 0.1) is 0 Å². The van der Waals surface area contributed by atoms with Crippen LogP contribution in [0.2, 0.25) is 0 Å². The molecule has 3 rings (SSSR count). The number of rotatable bonds is 9. The van der Waals surface area contributed by atoms with E-state index < -0.39 is 7.32 Å². The molecule has 0 amide bonds. The molecule has 0 N–H and O–H groups in total. The molecule has 0 bridgehead atoms. The van der Waals surface area contributed by atoms with Gasteiger partial charge in [-0.1, -0.05) is 20.8 Å². The van der Waals surface area contributed by atoms with Crippen LogP contribution in [-0.2, 0) is 19.3 Å². The Balaban J connectivity index is 1.73. The van der Waals surface area contributed by atoms with Crippen LogP contribution < -0.4 is 14.3 Å². The zero-order valence-corrected chi connectivity index (χ0v) is 14.6. The van der Waals surface area contributed by atoms with E-state index >= 15 is 0 Å². The molecule has 10 heteroatoms. The summed E-state index contributed by atoms with van der Waals surface area (Å²) < 4.78 is 16.9. The van der Waals surface area contributed by atoms with Crippen molar-refractivity contribution in [2.75, 3.05) is 0 Å². The molecule has 132 valence electrons. The van der Waals surface area contributed by atoms with Crippen LogP contribution >= 0.6 is 0 Å². The van der Waals surface area contributed by atoms with Gasteiger partial charge in [0.05, 0.1) is 35.7 Å². The summed E-state index contributed by atoms with van der Waals surface area (Å²) in [6, 6.07) is 5.59. The molecule has 0 aliphatic heterocycles. The topological polar surface area (TPSA) is 81.1 Å². The van der Waals surface area contributed by atoms with Crippen molar-refractivity contribution >= 4 is 7.32 Å². The normalized spacial score (nSPS) is 10.7. The minimum absolute atomic E-state index is 0.806. The number of aryl methyl sites for hydroxylation is 3. The number of hydrogen-bond acceptors (Lipinski definition) is 6. The minimum atomic E-state index is -1.13. The van der Waals surface area contributed by atoms with Crippen molar-refractivity contribution in [1.29, 1.82) is 0 Å². The molecule has 0 saturated carbocycles. The van der Waals surface area contributed by atoms with Crippen LogP contribution in [0.5, 0.6) is 0 Å². The SMILES string of the molecule is CCc1ccn(OB(On2ccc(CC)n2)On2ccc(CC)n2)n1. The Labute approximate surface area is 146 Å². The van der Waals surface area contributed by atoms with Crippen molar-refractivity contribution in [2.45, 2.75) is 40.0 Å². The molecule has 0 spiro atoms. The summed E-state index contributed by atoms with van der Waals surface area (Å²) in [7, 11) is -1.13. The van der Waals surface area contributed by atoms with Gasteiger partial charge in [0.15, 0.2) is 0 Å². The molecule has 0 saturated heterocycles. The highest BCUT2D eigenvalue weighted by Gasteiger charge is 2.34. The van der Waals surface area contributed by atoms with E-state index in [0.717, 1.165) is 36.3 Å². The van der Waals surface area contributed by atoms with Crippen molar-refractivity contribution in [3.63, 3.8) is 0 Å². The third kappa shape index (κ3) is 4.34. The molecule has 3 aromatic rings. The molecular weight excluding hydrogens is 323 g/mol. The first-order valence-electron chi connectivity index (χ1n) is 8.35. The van der Waals surface area contributed by atoms with Gasteiger partial charge in [-0.25, -0.2) is 0 Å². The maximum atomic E-state index is 5.63. The van der Waals surface area contributed by atoms with Crippen molar-refractivity contribution in [1.82, 2.24) is 29.8 Å². The lowest BCUT2D eigenvalue weighted by Crippen LogP contribution is -2.49. The van der Waals surface area contributed by atoms with Gasteiger partial charge in [0.1, 0.15) is 0 Å². The summed E-state index contributed by atoms with van der Waals surface area (Å²) in [6.07, 6.45) is 7.50. The molecule has 0 fully saturated rings. The van der Waals surface area contributed by atoms with E-state index in [2.05, 4.69) is 15.3 Å². The minimum Gasteiger partial charge on any atom is -0.380 e. The van der Waals surface area contributed by atoms with E-state index in [1.54, 1.807) is 18.6 Å². The Kier molecular flexibility index (Phi) is 5.27. The quantitative estimate of drug-likeness (QED) is 0.530. The van der Waals surface area contributed by atoms with Gasteiger partial charge in [-0.15, -0.1) is 29.8 Å². The molecule has 0 atom stereocenters. The fourth-order valence-corrected chi connectivity index (χ4v) is 2.09. The van der Waals surface area contributed by atoms with Crippen molar-refractivity contribution in [3.05, 3.63) is 53.9 Å². The fraction of sp³-hybridized carbons (Fsp3) is 0.400. The van der Waals surface area contributed by atoms with E-state index in [0.29, 0.717) is 0 Å². The fourth-order valence-electron chi connectivity index (χ4n) is 2.09. The van der Waals surface area contributed by atoms with Gasteiger partial charge in [0, 0.05) is 0 Å². The summed E-state index contributed by atoms with van der Waals surface area (Å²) in [5, 5.41) is 12.8. The van der Waals surface area contributed by atoms with E-state index in [1.807, 2.05) is 39.0 Å². The van der Waals surface area contributed by atoms with Crippen LogP contribution in [-0.4, -0.2) is 37.2 Å². The number of nitrogens with zero attached hydrogens (tertiary/aromatic N) is 6. The molecule has 3 heterocycles. The largest absolute Gasteiger partial charge is 0.929 e. The highest BCUT2D eigenvalue weighted by molar-refractivity contribution is 6.37. The highest BCUT2D eigenvalue weighted by atomic mass is 16.9. The second-order valence-corrected chi connectivity index (χ2v) is 5.29. The Morgan fingerprint density at radius 3 is 1.24 bits per heavy atom. The second-order valence-electron chi connectivity index (χ2n) is 5.29. The van der Waals surface area contributed by atoms with E-state index in [-0.39, 0.29) is 0 Å². The first-order valence-corrected chi connectivity index (χ1v) is 8.35. The molecule has 9 nitrogen and oxygen atoms in total. The van der Waals surface area contributed by atoms with Crippen molar-refractivity contribution < 1.29 is 14.3 Å². The van der Waals surface area contributed by atoms with Crippen LogP contribution in [0.15, 0.2) is 36.8 Å². The van der Waals surface area contributed by atoms with Gasteiger partial charge in [-0.3, -0.25) is 0 Å². The zero-order chi connectivity index (χ0) is 17.6. The molecule has 0 radical (unpaired) electrons. The first-order chi connectivity index (χ1) is 12.2. The molecule has 3 aromatic heterocycles. The Hall–Kier alpha value is -2.91. The van der Waals surface area contributed by atoms with E-state index in [9.17, 15) is 0 Å². The Bertz CT molecular complexity index is 693. The van der Waals surface area contributed by atoms with Gasteiger partial charge in [-0.2, -0.15) is 0 Å². The predicted molar refractivity (Wildman–Crippen MR) is 90.3 cm³/mol. The average Bonchev–Trinajstić information content (AvgIpc) is 3.35. The van der Waals surface area contributed by atoms with Gasteiger partial charge in [-0.05, 0) is 37.5 Å². The van der Waals surface area contributed by atoms with Gasteiger partial charge < -0.3 is 14.3 Å². The third-order valence-electron chi connectivity index (χ3n) is 3.53. The smallest absolute Gasteiger partial charge is 0.380 e. The van der Waals surface area contributed by atoms with Crippen LogP contribution in [0.4, 0.5) is 0 Å². The van der Waals surface area contributed by atoms with Crippen LogP contribution in [0.25, 0.3) is 0 Å². The predicted octanol–water partition coefficient (Wildman–Crippen LogP) is 0.634. The molecule has 0 aromatic carbocycles. The maximum absolute atomic E-state index is 5.63. The lowest BCUT2D eigenvalue weighted by Gasteiger charge is -2.13. The maximum Gasteiger partial charge on any atom is 0.929 e. The first kappa shape index (κ1) is 16.9. The summed E-state index contributed by atoms with van der Waals surface area (Å²) >= 11 is 0.